The first kappa shape index (κ1) is 22.6. The summed E-state index contributed by atoms with van der Waals surface area (Å²) in [6.07, 6.45) is 2.06. The number of amides is 2. The second kappa shape index (κ2) is 10.0. The van der Waals surface area contributed by atoms with E-state index in [1.165, 1.54) is 0 Å². The van der Waals surface area contributed by atoms with E-state index in [0.29, 0.717) is 6.61 Å². The summed E-state index contributed by atoms with van der Waals surface area (Å²) in [4.78, 5) is 20.0. The summed E-state index contributed by atoms with van der Waals surface area (Å²) < 4.78 is 14.7. The lowest BCUT2D eigenvalue weighted by atomic mass is 10.1. The lowest BCUT2D eigenvalue weighted by Crippen LogP contribution is -2.38. The summed E-state index contributed by atoms with van der Waals surface area (Å²) >= 11 is 1.65. The van der Waals surface area contributed by atoms with Gasteiger partial charge in [0.25, 0.3) is 0 Å². The molecule has 1 saturated heterocycles. The first-order chi connectivity index (χ1) is 16.5. The van der Waals surface area contributed by atoms with Crippen molar-refractivity contribution in [3.05, 3.63) is 48.7 Å². The van der Waals surface area contributed by atoms with Gasteiger partial charge in [-0.1, -0.05) is 23.5 Å². The molecule has 1 fully saturated rings. The van der Waals surface area contributed by atoms with Gasteiger partial charge < -0.3 is 20.1 Å². The smallest absolute Gasteiger partial charge is 0.319 e. The maximum absolute atomic E-state index is 11.9. The highest BCUT2D eigenvalue weighted by atomic mass is 32.1. The molecule has 0 aliphatic carbocycles. The molecule has 3 heterocycles. The van der Waals surface area contributed by atoms with Gasteiger partial charge >= 0.3 is 6.03 Å². The van der Waals surface area contributed by atoms with Gasteiger partial charge in [-0.15, -0.1) is 0 Å². The van der Waals surface area contributed by atoms with Gasteiger partial charge in [-0.05, 0) is 44.2 Å². The molecule has 2 amide bonds. The lowest BCUT2D eigenvalue weighted by Gasteiger charge is -2.26. The zero-order valence-electron chi connectivity index (χ0n) is 19.4. The first-order valence-electron chi connectivity index (χ1n) is 11.6. The average molecular weight is 480 g/mol. The quantitative estimate of drug-likeness (QED) is 0.409. The number of ether oxygens (including phenoxy) is 2. The molecule has 178 valence electrons. The van der Waals surface area contributed by atoms with Gasteiger partial charge in [-0.3, -0.25) is 9.30 Å². The minimum atomic E-state index is -0.207. The summed E-state index contributed by atoms with van der Waals surface area (Å²) in [5.74, 6) is 0.884. The fraction of sp³-hybridized carbons (Fsp3) is 0.360. The van der Waals surface area contributed by atoms with Crippen molar-refractivity contribution in [2.75, 3.05) is 44.8 Å². The number of benzene rings is 2. The second-order valence-electron chi connectivity index (χ2n) is 8.64. The van der Waals surface area contributed by atoms with Gasteiger partial charge in [0.15, 0.2) is 4.96 Å². The van der Waals surface area contributed by atoms with Crippen LogP contribution in [0.5, 0.6) is 5.75 Å². The summed E-state index contributed by atoms with van der Waals surface area (Å²) in [5, 5.41) is 5.66. The van der Waals surface area contributed by atoms with Gasteiger partial charge in [0.1, 0.15) is 12.4 Å². The molecule has 0 spiro atoms. The molecular weight excluding hydrogens is 450 g/mol. The zero-order chi connectivity index (χ0) is 23.5. The largest absolute Gasteiger partial charge is 0.492 e. The van der Waals surface area contributed by atoms with Crippen LogP contribution in [0.3, 0.4) is 0 Å². The minimum Gasteiger partial charge on any atom is -0.492 e. The van der Waals surface area contributed by atoms with Crippen molar-refractivity contribution in [1.29, 1.82) is 0 Å². The minimum absolute atomic E-state index is 0.0883. The van der Waals surface area contributed by atoms with Crippen LogP contribution in [0.1, 0.15) is 13.8 Å². The number of morpholine rings is 1. The van der Waals surface area contributed by atoms with Crippen molar-refractivity contribution in [2.45, 2.75) is 19.9 Å². The lowest BCUT2D eigenvalue weighted by molar-refractivity contribution is 0.0322. The topological polar surface area (TPSA) is 80.1 Å². The van der Waals surface area contributed by atoms with Gasteiger partial charge in [-0.2, -0.15) is 0 Å². The number of nitrogens with zero attached hydrogens (tertiary/aromatic N) is 3. The summed E-state index contributed by atoms with van der Waals surface area (Å²) in [6, 6.07) is 13.8. The molecule has 0 saturated carbocycles. The van der Waals surface area contributed by atoms with Crippen LogP contribution in [0.4, 0.5) is 10.5 Å². The fourth-order valence-electron chi connectivity index (χ4n) is 3.98. The number of fused-ring (bicyclic) bond motifs is 3. The predicted molar refractivity (Wildman–Crippen MR) is 136 cm³/mol. The highest BCUT2D eigenvalue weighted by molar-refractivity contribution is 7.23. The Balaban J connectivity index is 1.26. The van der Waals surface area contributed by atoms with Crippen molar-refractivity contribution in [3.8, 4) is 17.0 Å². The maximum atomic E-state index is 11.9. The Kier molecular flexibility index (Phi) is 6.66. The molecule has 1 aliphatic rings. The third-order valence-corrected chi connectivity index (χ3v) is 6.72. The number of anilines is 1. The zero-order valence-corrected chi connectivity index (χ0v) is 20.2. The Morgan fingerprint density at radius 1 is 1.18 bits per heavy atom. The van der Waals surface area contributed by atoms with E-state index in [1.54, 1.807) is 11.3 Å². The Morgan fingerprint density at radius 2 is 1.97 bits per heavy atom. The number of aromatic nitrogens is 2. The SMILES string of the molecule is CC(C)NC(=O)Nc1ccc(-c2cn3c(n2)sc2cc(OCCN4CCOCC4)ccc23)cc1. The molecule has 9 heteroatoms. The normalized spacial score (nSPS) is 14.7. The van der Waals surface area contributed by atoms with Crippen molar-refractivity contribution in [1.82, 2.24) is 19.6 Å². The highest BCUT2D eigenvalue weighted by Crippen LogP contribution is 2.32. The van der Waals surface area contributed by atoms with Crippen LogP contribution in [0.2, 0.25) is 0 Å². The van der Waals surface area contributed by atoms with Crippen LogP contribution in [0.25, 0.3) is 26.4 Å². The number of nitrogens with one attached hydrogen (secondary N) is 2. The third kappa shape index (κ3) is 5.16. The van der Waals surface area contributed by atoms with E-state index in [9.17, 15) is 4.79 Å². The third-order valence-electron chi connectivity index (χ3n) is 5.70. The Labute approximate surface area is 202 Å². The van der Waals surface area contributed by atoms with Crippen molar-refractivity contribution in [2.24, 2.45) is 0 Å². The molecule has 5 rings (SSSR count). The van der Waals surface area contributed by atoms with Crippen LogP contribution in [0.15, 0.2) is 48.7 Å². The molecule has 0 radical (unpaired) electrons. The number of hydrogen-bond acceptors (Lipinski definition) is 6. The average Bonchev–Trinajstić information content (AvgIpc) is 3.37. The van der Waals surface area contributed by atoms with E-state index in [2.05, 4.69) is 38.3 Å². The van der Waals surface area contributed by atoms with Crippen LogP contribution in [-0.2, 0) is 4.74 Å². The van der Waals surface area contributed by atoms with E-state index >= 15 is 0 Å². The molecule has 8 nitrogen and oxygen atoms in total. The van der Waals surface area contributed by atoms with E-state index in [0.717, 1.165) is 70.7 Å². The van der Waals surface area contributed by atoms with Crippen LogP contribution >= 0.6 is 11.3 Å². The molecule has 2 N–H and O–H groups in total. The standard InChI is InChI=1S/C25H29N5O3S/c1-17(2)26-24(31)27-19-5-3-18(4-6-19)21-16-30-22-8-7-20(15-23(22)34-25(30)28-21)33-14-11-29-9-12-32-13-10-29/h3-8,15-17H,9-14H2,1-2H3,(H2,26,27,31). The second-order valence-corrected chi connectivity index (χ2v) is 9.65. The highest BCUT2D eigenvalue weighted by Gasteiger charge is 2.13. The molecule has 2 aromatic heterocycles. The van der Waals surface area contributed by atoms with E-state index in [4.69, 9.17) is 14.5 Å². The van der Waals surface area contributed by atoms with Gasteiger partial charge in [0.2, 0.25) is 0 Å². The van der Waals surface area contributed by atoms with Crippen molar-refractivity contribution in [3.63, 3.8) is 0 Å². The van der Waals surface area contributed by atoms with Gasteiger partial charge in [-0.25, -0.2) is 9.78 Å². The molecule has 0 unspecified atom stereocenters. The number of carbonyl (C=O) groups excluding carboxylic acids is 1. The Morgan fingerprint density at radius 3 is 2.74 bits per heavy atom. The van der Waals surface area contributed by atoms with Crippen molar-refractivity contribution >= 4 is 38.2 Å². The number of imidazole rings is 1. The summed E-state index contributed by atoms with van der Waals surface area (Å²) in [7, 11) is 0. The molecule has 34 heavy (non-hydrogen) atoms. The van der Waals surface area contributed by atoms with E-state index in [1.807, 2.05) is 44.2 Å². The van der Waals surface area contributed by atoms with Gasteiger partial charge in [0, 0.05) is 43.1 Å². The number of thiazole rings is 1. The Hall–Kier alpha value is -3.14. The predicted octanol–water partition coefficient (Wildman–Crippen LogP) is 4.46. The summed E-state index contributed by atoms with van der Waals surface area (Å²) in [5.41, 5.74) is 3.76. The number of carbonyl (C=O) groups is 1. The van der Waals surface area contributed by atoms with Crippen LogP contribution < -0.4 is 15.4 Å². The molecule has 0 atom stereocenters. The fourth-order valence-corrected chi connectivity index (χ4v) is 5.02. The van der Waals surface area contributed by atoms with E-state index < -0.39 is 0 Å². The van der Waals surface area contributed by atoms with Crippen LogP contribution in [0, 0.1) is 0 Å². The molecule has 4 aromatic rings. The van der Waals surface area contributed by atoms with E-state index in [-0.39, 0.29) is 12.1 Å². The first-order valence-corrected chi connectivity index (χ1v) is 12.4. The molecule has 0 bridgehead atoms. The Bertz CT molecular complexity index is 1280. The monoisotopic (exact) mass is 479 g/mol. The van der Waals surface area contributed by atoms with Crippen LogP contribution in [-0.4, -0.2) is 65.8 Å². The number of urea groups is 1. The van der Waals surface area contributed by atoms with Gasteiger partial charge in [0.05, 0.1) is 29.1 Å². The molecule has 2 aromatic carbocycles. The van der Waals surface area contributed by atoms with Crippen molar-refractivity contribution < 1.29 is 14.3 Å². The summed E-state index contributed by atoms with van der Waals surface area (Å²) in [6.45, 7) is 8.99. The maximum Gasteiger partial charge on any atom is 0.319 e. The number of rotatable bonds is 7. The molecule has 1 aliphatic heterocycles. The number of hydrogen-bond donors (Lipinski definition) is 2. The molecular formula is C25H29N5O3S.